The fourth-order valence-corrected chi connectivity index (χ4v) is 2.32. The first-order valence-electron chi connectivity index (χ1n) is 5.74. The van der Waals surface area contributed by atoms with Crippen LogP contribution in [0, 0.1) is 0 Å². The summed E-state index contributed by atoms with van der Waals surface area (Å²) in [5, 5.41) is 1.31. The third-order valence-corrected chi connectivity index (χ3v) is 3.28. The summed E-state index contributed by atoms with van der Waals surface area (Å²) in [6.45, 7) is 0. The lowest BCUT2D eigenvalue weighted by Gasteiger charge is -2.12. The minimum atomic E-state index is -0.00132. The number of nitrogens with zero attached hydrogens (tertiary/aromatic N) is 1. The standard InChI is InChI=1S/C14H14Cl2N2/c15-11-5-4-10(14(16)8-11)7-12(17)9-13-3-1-2-6-18-13/h1-6,8,12H,7,9,17H2. The molecule has 0 amide bonds. The van der Waals surface area contributed by atoms with Crippen LogP contribution >= 0.6 is 23.2 Å². The Labute approximate surface area is 117 Å². The lowest BCUT2D eigenvalue weighted by atomic mass is 10.0. The van der Waals surface area contributed by atoms with Crippen LogP contribution in [0.3, 0.4) is 0 Å². The third kappa shape index (κ3) is 3.70. The Morgan fingerprint density at radius 2 is 1.94 bits per heavy atom. The van der Waals surface area contributed by atoms with Gasteiger partial charge in [0.15, 0.2) is 0 Å². The van der Waals surface area contributed by atoms with Crippen molar-refractivity contribution >= 4 is 23.2 Å². The normalized spacial score (nSPS) is 12.4. The number of hydrogen-bond donors (Lipinski definition) is 1. The summed E-state index contributed by atoms with van der Waals surface area (Å²) >= 11 is 12.0. The van der Waals surface area contributed by atoms with Crippen molar-refractivity contribution < 1.29 is 0 Å². The number of hydrogen-bond acceptors (Lipinski definition) is 2. The summed E-state index contributed by atoms with van der Waals surface area (Å²) < 4.78 is 0. The quantitative estimate of drug-likeness (QED) is 0.931. The molecule has 1 aromatic heterocycles. The van der Waals surface area contributed by atoms with Gasteiger partial charge in [-0.3, -0.25) is 4.98 Å². The predicted molar refractivity (Wildman–Crippen MR) is 76.1 cm³/mol. The molecule has 2 aromatic rings. The summed E-state index contributed by atoms with van der Waals surface area (Å²) in [6.07, 6.45) is 3.23. The van der Waals surface area contributed by atoms with Crippen LogP contribution in [0.4, 0.5) is 0 Å². The average Bonchev–Trinajstić information content (AvgIpc) is 2.34. The first-order chi connectivity index (χ1) is 8.65. The summed E-state index contributed by atoms with van der Waals surface area (Å²) in [7, 11) is 0. The zero-order valence-electron chi connectivity index (χ0n) is 9.81. The highest BCUT2D eigenvalue weighted by Gasteiger charge is 2.09. The van der Waals surface area contributed by atoms with Crippen molar-refractivity contribution in [2.24, 2.45) is 5.73 Å². The van der Waals surface area contributed by atoms with Crippen molar-refractivity contribution in [3.05, 3.63) is 63.9 Å². The van der Waals surface area contributed by atoms with Crippen molar-refractivity contribution in [2.45, 2.75) is 18.9 Å². The van der Waals surface area contributed by atoms with Crippen LogP contribution in [0.1, 0.15) is 11.3 Å². The molecule has 2 N–H and O–H groups in total. The van der Waals surface area contributed by atoms with Gasteiger partial charge >= 0.3 is 0 Å². The largest absolute Gasteiger partial charge is 0.327 e. The molecule has 2 nitrogen and oxygen atoms in total. The van der Waals surface area contributed by atoms with Gasteiger partial charge in [-0.15, -0.1) is 0 Å². The molecule has 0 aliphatic heterocycles. The molecule has 0 saturated heterocycles. The average molecular weight is 281 g/mol. The maximum atomic E-state index is 6.12. The van der Waals surface area contributed by atoms with E-state index in [1.807, 2.05) is 30.3 Å². The first-order valence-corrected chi connectivity index (χ1v) is 6.50. The molecular weight excluding hydrogens is 267 g/mol. The maximum absolute atomic E-state index is 6.12. The number of pyridine rings is 1. The van der Waals surface area contributed by atoms with Gasteiger partial charge in [-0.05, 0) is 36.2 Å². The van der Waals surface area contributed by atoms with Crippen LogP contribution in [0.2, 0.25) is 10.0 Å². The second-order valence-corrected chi connectivity index (χ2v) is 5.07. The number of rotatable bonds is 4. The fourth-order valence-electron chi connectivity index (χ4n) is 1.83. The molecule has 0 bridgehead atoms. The molecule has 18 heavy (non-hydrogen) atoms. The molecule has 0 fully saturated rings. The minimum Gasteiger partial charge on any atom is -0.327 e. The number of nitrogens with two attached hydrogens (primary N) is 1. The molecule has 94 valence electrons. The number of halogens is 2. The van der Waals surface area contributed by atoms with Crippen molar-refractivity contribution in [3.8, 4) is 0 Å². The Balaban J connectivity index is 2.01. The van der Waals surface area contributed by atoms with E-state index < -0.39 is 0 Å². The SMILES string of the molecule is NC(Cc1ccccn1)Cc1ccc(Cl)cc1Cl. The number of aromatic nitrogens is 1. The Morgan fingerprint density at radius 3 is 2.61 bits per heavy atom. The summed E-state index contributed by atoms with van der Waals surface area (Å²) in [4.78, 5) is 4.26. The molecular formula is C14H14Cl2N2. The Kier molecular flexibility index (Phi) is 4.59. The van der Waals surface area contributed by atoms with E-state index in [-0.39, 0.29) is 6.04 Å². The van der Waals surface area contributed by atoms with Crippen molar-refractivity contribution in [1.82, 2.24) is 4.98 Å². The second-order valence-electron chi connectivity index (χ2n) is 4.23. The Morgan fingerprint density at radius 1 is 1.11 bits per heavy atom. The van der Waals surface area contributed by atoms with Crippen molar-refractivity contribution in [3.63, 3.8) is 0 Å². The molecule has 0 aliphatic carbocycles. The topological polar surface area (TPSA) is 38.9 Å². The molecule has 0 saturated carbocycles. The smallest absolute Gasteiger partial charge is 0.0453 e. The van der Waals surface area contributed by atoms with Gasteiger partial charge in [-0.2, -0.15) is 0 Å². The zero-order valence-corrected chi connectivity index (χ0v) is 11.3. The van der Waals surface area contributed by atoms with Crippen LogP contribution < -0.4 is 5.73 Å². The van der Waals surface area contributed by atoms with Crippen LogP contribution in [-0.4, -0.2) is 11.0 Å². The van der Waals surface area contributed by atoms with Gasteiger partial charge in [0.25, 0.3) is 0 Å². The van der Waals surface area contributed by atoms with E-state index in [0.29, 0.717) is 16.5 Å². The predicted octanol–water partition coefficient (Wildman–Crippen LogP) is 3.50. The fraction of sp³-hybridized carbons (Fsp3) is 0.214. The molecule has 1 atom stereocenters. The highest BCUT2D eigenvalue weighted by atomic mass is 35.5. The molecule has 4 heteroatoms. The Hall–Kier alpha value is -1.09. The van der Waals surface area contributed by atoms with E-state index in [2.05, 4.69) is 4.98 Å². The molecule has 2 rings (SSSR count). The van der Waals surface area contributed by atoms with Gasteiger partial charge in [-0.25, -0.2) is 0 Å². The van der Waals surface area contributed by atoms with Crippen LogP contribution in [0.15, 0.2) is 42.6 Å². The van der Waals surface area contributed by atoms with Crippen LogP contribution in [0.25, 0.3) is 0 Å². The monoisotopic (exact) mass is 280 g/mol. The van der Waals surface area contributed by atoms with Crippen LogP contribution in [0.5, 0.6) is 0 Å². The first kappa shape index (κ1) is 13.3. The van der Waals surface area contributed by atoms with Gasteiger partial charge in [0.1, 0.15) is 0 Å². The highest BCUT2D eigenvalue weighted by Crippen LogP contribution is 2.22. The van der Waals surface area contributed by atoms with Gasteiger partial charge in [-0.1, -0.05) is 35.3 Å². The van der Waals surface area contributed by atoms with Gasteiger partial charge < -0.3 is 5.73 Å². The zero-order chi connectivity index (χ0) is 13.0. The highest BCUT2D eigenvalue weighted by molar-refractivity contribution is 6.35. The number of benzene rings is 1. The van der Waals surface area contributed by atoms with Crippen molar-refractivity contribution in [1.29, 1.82) is 0 Å². The molecule has 1 unspecified atom stereocenters. The van der Waals surface area contributed by atoms with Crippen LogP contribution in [-0.2, 0) is 12.8 Å². The van der Waals surface area contributed by atoms with E-state index in [1.54, 1.807) is 12.3 Å². The third-order valence-electron chi connectivity index (χ3n) is 2.69. The van der Waals surface area contributed by atoms with Crippen molar-refractivity contribution in [2.75, 3.05) is 0 Å². The molecule has 0 radical (unpaired) electrons. The molecule has 0 aliphatic rings. The minimum absolute atomic E-state index is 0.00132. The van der Waals surface area contributed by atoms with Gasteiger partial charge in [0.2, 0.25) is 0 Å². The Bertz CT molecular complexity index is 514. The molecule has 0 spiro atoms. The van der Waals surface area contributed by atoms with E-state index in [4.69, 9.17) is 28.9 Å². The molecule has 1 heterocycles. The van der Waals surface area contributed by atoms with E-state index >= 15 is 0 Å². The second kappa shape index (κ2) is 6.19. The summed E-state index contributed by atoms with van der Waals surface area (Å²) in [5.74, 6) is 0. The van der Waals surface area contributed by atoms with Gasteiger partial charge in [0.05, 0.1) is 0 Å². The summed E-state index contributed by atoms with van der Waals surface area (Å²) in [5.41, 5.74) is 8.13. The maximum Gasteiger partial charge on any atom is 0.0453 e. The lowest BCUT2D eigenvalue weighted by Crippen LogP contribution is -2.26. The van der Waals surface area contributed by atoms with E-state index in [0.717, 1.165) is 17.7 Å². The van der Waals surface area contributed by atoms with E-state index in [9.17, 15) is 0 Å². The van der Waals surface area contributed by atoms with Gasteiger partial charge in [0, 0.05) is 34.4 Å². The lowest BCUT2D eigenvalue weighted by molar-refractivity contribution is 0.654. The summed E-state index contributed by atoms with van der Waals surface area (Å²) in [6, 6.07) is 11.3. The molecule has 1 aromatic carbocycles. The van der Waals surface area contributed by atoms with E-state index in [1.165, 1.54) is 0 Å².